The largest absolute Gasteiger partial charge is 0.331 e. The van der Waals surface area contributed by atoms with Crippen LogP contribution in [0.25, 0.3) is 5.69 Å². The van der Waals surface area contributed by atoms with Gasteiger partial charge in [0.2, 0.25) is 0 Å². The highest BCUT2D eigenvalue weighted by Gasteiger charge is 2.08. The zero-order chi connectivity index (χ0) is 16.1. The molecule has 0 atom stereocenters. The van der Waals surface area contributed by atoms with E-state index in [4.69, 9.17) is 0 Å². The molecule has 3 aromatic rings. The molecule has 2 amide bonds. The van der Waals surface area contributed by atoms with Crippen molar-refractivity contribution in [2.45, 2.75) is 6.54 Å². The van der Waals surface area contributed by atoms with Crippen LogP contribution in [-0.2, 0) is 6.54 Å². The third-order valence-corrected chi connectivity index (χ3v) is 3.14. The van der Waals surface area contributed by atoms with Gasteiger partial charge in [0.15, 0.2) is 5.82 Å². The van der Waals surface area contributed by atoms with Gasteiger partial charge in [0, 0.05) is 11.4 Å². The molecule has 0 aliphatic rings. The van der Waals surface area contributed by atoms with Crippen LogP contribution in [0.4, 0.5) is 14.9 Å². The highest BCUT2D eigenvalue weighted by atomic mass is 19.1. The van der Waals surface area contributed by atoms with E-state index in [2.05, 4.69) is 20.8 Å². The highest BCUT2D eigenvalue weighted by Crippen LogP contribution is 2.10. The number of benzene rings is 2. The van der Waals surface area contributed by atoms with Crippen molar-refractivity contribution in [3.63, 3.8) is 0 Å². The predicted octanol–water partition coefficient (Wildman–Crippen LogP) is 2.73. The van der Waals surface area contributed by atoms with Gasteiger partial charge in [-0.25, -0.2) is 9.18 Å². The number of nitrogens with one attached hydrogen (secondary N) is 2. The summed E-state index contributed by atoms with van der Waals surface area (Å²) in [5.41, 5.74) is 1.28. The fraction of sp³-hybridized carbons (Fsp3) is 0.0625. The Bertz CT molecular complexity index is 803. The predicted molar refractivity (Wildman–Crippen MR) is 83.6 cm³/mol. The second kappa shape index (κ2) is 6.69. The number of hydrogen-bond acceptors (Lipinski definition) is 3. The van der Waals surface area contributed by atoms with Gasteiger partial charge in [0.05, 0.1) is 6.54 Å². The number of urea groups is 1. The zero-order valence-electron chi connectivity index (χ0n) is 12.1. The topological polar surface area (TPSA) is 71.8 Å². The standard InChI is InChI=1S/C16H14FN5O/c17-12-5-4-6-13(9-12)20-16(23)18-10-15-21-19-11-22(15)14-7-2-1-3-8-14/h1-9,11H,10H2,(H2,18,20,23). The summed E-state index contributed by atoms with van der Waals surface area (Å²) in [5, 5.41) is 13.1. The minimum atomic E-state index is -0.446. The minimum absolute atomic E-state index is 0.191. The average Bonchev–Trinajstić information content (AvgIpc) is 3.02. The fourth-order valence-electron chi connectivity index (χ4n) is 2.08. The Morgan fingerprint density at radius 2 is 1.96 bits per heavy atom. The van der Waals surface area contributed by atoms with Gasteiger partial charge in [-0.1, -0.05) is 24.3 Å². The second-order valence-corrected chi connectivity index (χ2v) is 4.77. The van der Waals surface area contributed by atoms with Crippen molar-refractivity contribution in [2.75, 3.05) is 5.32 Å². The van der Waals surface area contributed by atoms with Gasteiger partial charge < -0.3 is 10.6 Å². The fourth-order valence-corrected chi connectivity index (χ4v) is 2.08. The van der Waals surface area contributed by atoms with Crippen molar-refractivity contribution in [2.24, 2.45) is 0 Å². The van der Waals surface area contributed by atoms with Gasteiger partial charge in [0.25, 0.3) is 0 Å². The molecule has 0 bridgehead atoms. The summed E-state index contributed by atoms with van der Waals surface area (Å²) in [4.78, 5) is 11.9. The van der Waals surface area contributed by atoms with Crippen LogP contribution in [0.15, 0.2) is 60.9 Å². The number of amides is 2. The number of halogens is 1. The molecule has 0 saturated heterocycles. The first kappa shape index (κ1) is 14.7. The summed E-state index contributed by atoms with van der Waals surface area (Å²) < 4.78 is 14.9. The molecule has 116 valence electrons. The number of rotatable bonds is 4. The summed E-state index contributed by atoms with van der Waals surface area (Å²) in [6.45, 7) is 0.191. The number of para-hydroxylation sites is 1. The Kier molecular flexibility index (Phi) is 4.28. The van der Waals surface area contributed by atoms with Crippen molar-refractivity contribution in [1.82, 2.24) is 20.1 Å². The van der Waals surface area contributed by atoms with Crippen LogP contribution in [0.5, 0.6) is 0 Å². The van der Waals surface area contributed by atoms with Crippen molar-refractivity contribution in [3.05, 3.63) is 72.6 Å². The number of nitrogens with zero attached hydrogens (tertiary/aromatic N) is 3. The number of carbonyl (C=O) groups is 1. The van der Waals surface area contributed by atoms with E-state index in [1.807, 2.05) is 30.3 Å². The molecule has 1 aromatic heterocycles. The van der Waals surface area contributed by atoms with E-state index >= 15 is 0 Å². The summed E-state index contributed by atoms with van der Waals surface area (Å²) in [6.07, 6.45) is 1.58. The summed E-state index contributed by atoms with van der Waals surface area (Å²) in [5.74, 6) is 0.178. The Hall–Kier alpha value is -3.22. The van der Waals surface area contributed by atoms with Crippen LogP contribution in [0.2, 0.25) is 0 Å². The molecule has 0 unspecified atom stereocenters. The van der Waals surface area contributed by atoms with Gasteiger partial charge >= 0.3 is 6.03 Å². The van der Waals surface area contributed by atoms with Gasteiger partial charge in [-0.05, 0) is 30.3 Å². The quantitative estimate of drug-likeness (QED) is 0.778. The zero-order valence-corrected chi connectivity index (χ0v) is 12.1. The van der Waals surface area contributed by atoms with Gasteiger partial charge in [-0.3, -0.25) is 4.57 Å². The van der Waals surface area contributed by atoms with Gasteiger partial charge in [0.1, 0.15) is 12.1 Å². The number of carbonyl (C=O) groups excluding carboxylic acids is 1. The summed E-state index contributed by atoms with van der Waals surface area (Å²) in [6, 6.07) is 14.8. The SMILES string of the molecule is O=C(NCc1nncn1-c1ccccc1)Nc1cccc(F)c1. The Labute approximate surface area is 132 Å². The van der Waals surface area contributed by atoms with Crippen LogP contribution in [0.1, 0.15) is 5.82 Å². The number of hydrogen-bond donors (Lipinski definition) is 2. The van der Waals surface area contributed by atoms with Gasteiger partial charge in [-0.2, -0.15) is 0 Å². The summed E-state index contributed by atoms with van der Waals surface area (Å²) in [7, 11) is 0. The molecule has 1 heterocycles. The number of anilines is 1. The molecule has 0 aliphatic carbocycles. The van der Waals surface area contributed by atoms with Crippen molar-refractivity contribution in [3.8, 4) is 5.69 Å². The first-order chi connectivity index (χ1) is 11.2. The van der Waals surface area contributed by atoms with Crippen LogP contribution < -0.4 is 10.6 Å². The normalized spacial score (nSPS) is 10.3. The molecule has 2 N–H and O–H groups in total. The van der Waals surface area contributed by atoms with Crippen molar-refractivity contribution in [1.29, 1.82) is 0 Å². The molecule has 2 aromatic carbocycles. The van der Waals surface area contributed by atoms with E-state index < -0.39 is 11.8 Å². The van der Waals surface area contributed by atoms with Crippen LogP contribution in [0.3, 0.4) is 0 Å². The van der Waals surface area contributed by atoms with E-state index in [9.17, 15) is 9.18 Å². The van der Waals surface area contributed by atoms with Crippen LogP contribution in [0, 0.1) is 5.82 Å². The molecule has 3 rings (SSSR count). The van der Waals surface area contributed by atoms with E-state index in [1.165, 1.54) is 18.2 Å². The van der Waals surface area contributed by atoms with Crippen LogP contribution >= 0.6 is 0 Å². The Morgan fingerprint density at radius 1 is 1.13 bits per heavy atom. The maximum Gasteiger partial charge on any atom is 0.319 e. The van der Waals surface area contributed by atoms with E-state index in [-0.39, 0.29) is 6.54 Å². The Balaban J connectivity index is 1.63. The van der Waals surface area contributed by atoms with E-state index in [0.717, 1.165) is 5.69 Å². The summed E-state index contributed by atoms with van der Waals surface area (Å²) >= 11 is 0. The van der Waals surface area contributed by atoms with Crippen LogP contribution in [-0.4, -0.2) is 20.8 Å². The lowest BCUT2D eigenvalue weighted by Crippen LogP contribution is -2.29. The first-order valence-corrected chi connectivity index (χ1v) is 6.97. The maximum atomic E-state index is 13.1. The molecule has 23 heavy (non-hydrogen) atoms. The lowest BCUT2D eigenvalue weighted by molar-refractivity contribution is 0.251. The first-order valence-electron chi connectivity index (χ1n) is 6.97. The van der Waals surface area contributed by atoms with Crippen molar-refractivity contribution < 1.29 is 9.18 Å². The molecular formula is C16H14FN5O. The lowest BCUT2D eigenvalue weighted by Gasteiger charge is -2.09. The third-order valence-electron chi connectivity index (χ3n) is 3.14. The maximum absolute atomic E-state index is 13.1. The molecule has 6 nitrogen and oxygen atoms in total. The molecule has 0 radical (unpaired) electrons. The minimum Gasteiger partial charge on any atom is -0.331 e. The van der Waals surface area contributed by atoms with Crippen molar-refractivity contribution >= 4 is 11.7 Å². The Morgan fingerprint density at radius 3 is 2.74 bits per heavy atom. The lowest BCUT2D eigenvalue weighted by atomic mass is 10.3. The van der Waals surface area contributed by atoms with E-state index in [1.54, 1.807) is 17.0 Å². The molecule has 0 spiro atoms. The third kappa shape index (κ3) is 3.70. The van der Waals surface area contributed by atoms with E-state index in [0.29, 0.717) is 11.5 Å². The average molecular weight is 311 g/mol. The van der Waals surface area contributed by atoms with Gasteiger partial charge in [-0.15, -0.1) is 10.2 Å². The molecular weight excluding hydrogens is 297 g/mol. The monoisotopic (exact) mass is 311 g/mol. The highest BCUT2D eigenvalue weighted by molar-refractivity contribution is 5.89. The molecule has 0 fully saturated rings. The molecule has 0 aliphatic heterocycles. The molecule has 7 heteroatoms. The smallest absolute Gasteiger partial charge is 0.319 e. The second-order valence-electron chi connectivity index (χ2n) is 4.77. The molecule has 0 saturated carbocycles. The number of aromatic nitrogens is 3.